The van der Waals surface area contributed by atoms with Gasteiger partial charge in [-0.15, -0.1) is 0 Å². The molecule has 11 nitrogen and oxygen atoms in total. The van der Waals surface area contributed by atoms with Crippen molar-refractivity contribution in [2.45, 2.75) is 82.3 Å². The van der Waals surface area contributed by atoms with E-state index in [1.165, 1.54) is 12.1 Å². The SMILES string of the molecule is COC(=O)CCCCN1C(=O)[C@]2(O[C@H](CC(=O)N(CCO)Cc3ccccc3)[C@@H]([Si](C)(C)F)[C@@H]2C)c2cc(N3N=C(c4ccccc4)CCC3=O)ccc21. The smallest absolute Gasteiger partial charge is 0.305 e. The summed E-state index contributed by atoms with van der Waals surface area (Å²) in [7, 11) is -2.28. The third-order valence-electron chi connectivity index (χ3n) is 10.9. The number of hydrogen-bond acceptors (Lipinski definition) is 8. The number of nitrogens with zero attached hydrogens (tertiary/aromatic N) is 4. The lowest BCUT2D eigenvalue weighted by Crippen LogP contribution is -2.45. The molecule has 6 rings (SSSR count). The second-order valence-corrected chi connectivity index (χ2v) is 18.6. The summed E-state index contributed by atoms with van der Waals surface area (Å²) in [5.74, 6) is -1.90. The molecule has 286 valence electrons. The van der Waals surface area contributed by atoms with E-state index in [0.29, 0.717) is 36.2 Å². The lowest BCUT2D eigenvalue weighted by molar-refractivity contribution is -0.149. The summed E-state index contributed by atoms with van der Waals surface area (Å²) in [6.45, 7) is 5.35. The molecular formula is C41H49FN4O7Si. The van der Waals surface area contributed by atoms with Crippen molar-refractivity contribution in [1.29, 1.82) is 0 Å². The van der Waals surface area contributed by atoms with Gasteiger partial charge in [-0.3, -0.25) is 19.2 Å². The lowest BCUT2D eigenvalue weighted by atomic mass is 9.82. The summed E-state index contributed by atoms with van der Waals surface area (Å²) in [6, 6.07) is 24.4. The predicted octanol–water partition coefficient (Wildman–Crippen LogP) is 6.09. The number of fused-ring (bicyclic) bond motifs is 2. The molecular weight excluding hydrogens is 708 g/mol. The molecule has 0 aliphatic carbocycles. The van der Waals surface area contributed by atoms with Crippen molar-refractivity contribution in [1.82, 2.24) is 4.90 Å². The molecule has 3 heterocycles. The number of aliphatic hydroxyl groups is 1. The Kier molecular flexibility index (Phi) is 11.8. The number of aliphatic hydroxyl groups excluding tert-OH is 1. The number of carbonyl (C=O) groups is 4. The number of hydrazone groups is 1. The highest BCUT2D eigenvalue weighted by atomic mass is 28.4. The molecule has 3 aromatic rings. The first-order valence-electron chi connectivity index (χ1n) is 18.7. The fourth-order valence-electron chi connectivity index (χ4n) is 8.34. The number of ether oxygens (including phenoxy) is 2. The van der Waals surface area contributed by atoms with Crippen LogP contribution in [0.3, 0.4) is 0 Å². The van der Waals surface area contributed by atoms with Crippen molar-refractivity contribution in [3.05, 3.63) is 95.6 Å². The normalized spacial score (nSPS) is 22.4. The van der Waals surface area contributed by atoms with Gasteiger partial charge in [0.15, 0.2) is 5.60 Å². The first-order valence-corrected chi connectivity index (χ1v) is 21.6. The number of rotatable bonds is 14. The standard InChI is InChI=1S/C41H49FN4O7Si/c1-28-39(54(3,4)42)35(26-37(49)44(23-24-47)27-29-13-7-5-8-14-29)53-41(28)32-25-31(46-36(48)21-19-33(43-46)30-15-9-6-10-16-30)18-20-34(32)45(40(41)51)22-12-11-17-38(50)52-2/h5-10,13-16,18,20,25,28,35,39,47H,11-12,17,19,21-24,26-27H2,1-4H3/t28-,35+,39-,41+/m0/s1. The number of halogens is 1. The zero-order valence-electron chi connectivity index (χ0n) is 31.4. The van der Waals surface area contributed by atoms with E-state index in [2.05, 4.69) is 0 Å². The first-order chi connectivity index (χ1) is 25.9. The minimum Gasteiger partial charge on any atom is -0.469 e. The Morgan fingerprint density at radius 2 is 1.74 bits per heavy atom. The zero-order valence-corrected chi connectivity index (χ0v) is 32.4. The Hall–Kier alpha value is -4.72. The number of carbonyl (C=O) groups excluding carboxylic acids is 4. The molecule has 4 atom stereocenters. The quantitative estimate of drug-likeness (QED) is 0.0913. The molecule has 54 heavy (non-hydrogen) atoms. The predicted molar refractivity (Wildman–Crippen MR) is 206 cm³/mol. The van der Waals surface area contributed by atoms with E-state index < -0.39 is 31.6 Å². The third-order valence-corrected chi connectivity index (χ3v) is 13.3. The molecule has 0 unspecified atom stereocenters. The van der Waals surface area contributed by atoms with Crippen molar-refractivity contribution in [2.75, 3.05) is 36.7 Å². The molecule has 1 saturated heterocycles. The van der Waals surface area contributed by atoms with E-state index >= 15 is 4.11 Å². The van der Waals surface area contributed by atoms with Gasteiger partial charge in [0.2, 0.25) is 20.2 Å². The average Bonchev–Trinajstić information content (AvgIpc) is 3.59. The van der Waals surface area contributed by atoms with E-state index in [-0.39, 0.29) is 69.2 Å². The van der Waals surface area contributed by atoms with Gasteiger partial charge in [0, 0.05) is 55.9 Å². The van der Waals surface area contributed by atoms with Crippen LogP contribution < -0.4 is 9.91 Å². The highest BCUT2D eigenvalue weighted by Crippen LogP contribution is 2.60. The van der Waals surface area contributed by atoms with Gasteiger partial charge in [-0.05, 0) is 55.3 Å². The number of hydrogen-bond donors (Lipinski definition) is 1. The average molecular weight is 757 g/mol. The molecule has 0 radical (unpaired) electrons. The molecule has 3 aliphatic heterocycles. The van der Waals surface area contributed by atoms with E-state index in [9.17, 15) is 24.3 Å². The summed E-state index contributed by atoms with van der Waals surface area (Å²) >= 11 is 0. The second kappa shape index (κ2) is 16.3. The van der Waals surface area contributed by atoms with Crippen LogP contribution in [0.25, 0.3) is 0 Å². The van der Waals surface area contributed by atoms with Gasteiger partial charge < -0.3 is 28.5 Å². The highest BCUT2D eigenvalue weighted by molar-refractivity contribution is 6.72. The van der Waals surface area contributed by atoms with Crippen LogP contribution in [-0.2, 0) is 40.8 Å². The van der Waals surface area contributed by atoms with Gasteiger partial charge in [0.25, 0.3) is 5.91 Å². The molecule has 0 saturated carbocycles. The van der Waals surface area contributed by atoms with Crippen molar-refractivity contribution in [2.24, 2.45) is 11.0 Å². The van der Waals surface area contributed by atoms with Crippen LogP contribution in [0.5, 0.6) is 0 Å². The molecule has 0 bridgehead atoms. The number of amides is 3. The molecule has 13 heteroatoms. The van der Waals surface area contributed by atoms with E-state index in [1.807, 2.05) is 67.6 Å². The van der Waals surface area contributed by atoms with Crippen LogP contribution in [0, 0.1) is 5.92 Å². The maximum Gasteiger partial charge on any atom is 0.305 e. The molecule has 3 aromatic carbocycles. The molecule has 1 spiro atoms. The molecule has 0 aromatic heterocycles. The van der Waals surface area contributed by atoms with Crippen LogP contribution in [0.1, 0.15) is 62.1 Å². The fraction of sp³-hybridized carbons (Fsp3) is 0.439. The molecule has 1 fully saturated rings. The molecule has 3 aliphatic rings. The number of esters is 1. The van der Waals surface area contributed by atoms with Gasteiger partial charge in [0.1, 0.15) is 0 Å². The highest BCUT2D eigenvalue weighted by Gasteiger charge is 2.67. The third kappa shape index (κ3) is 7.75. The summed E-state index contributed by atoms with van der Waals surface area (Å²) in [6.07, 6.45) is 0.788. The maximum absolute atomic E-state index is 16.6. The van der Waals surface area contributed by atoms with Crippen LogP contribution in [-0.4, -0.2) is 80.7 Å². The van der Waals surface area contributed by atoms with Crippen LogP contribution >= 0.6 is 0 Å². The fourth-order valence-corrected chi connectivity index (χ4v) is 10.8. The Balaban J connectivity index is 1.39. The van der Waals surface area contributed by atoms with Crippen LogP contribution in [0.2, 0.25) is 18.6 Å². The monoisotopic (exact) mass is 756 g/mol. The van der Waals surface area contributed by atoms with Gasteiger partial charge >= 0.3 is 5.97 Å². The number of methoxy groups -OCH3 is 1. The van der Waals surface area contributed by atoms with Gasteiger partial charge in [-0.25, -0.2) is 5.01 Å². The largest absolute Gasteiger partial charge is 0.469 e. The van der Waals surface area contributed by atoms with Crippen molar-refractivity contribution < 1.29 is 37.9 Å². The van der Waals surface area contributed by atoms with Crippen LogP contribution in [0.4, 0.5) is 15.5 Å². The Morgan fingerprint density at radius 1 is 1.04 bits per heavy atom. The second-order valence-electron chi connectivity index (χ2n) is 14.8. The van der Waals surface area contributed by atoms with Crippen molar-refractivity contribution in [3.63, 3.8) is 0 Å². The minimum absolute atomic E-state index is 0.0854. The van der Waals surface area contributed by atoms with Crippen molar-refractivity contribution >= 4 is 49.2 Å². The van der Waals surface area contributed by atoms with Gasteiger partial charge in [-0.1, -0.05) is 67.6 Å². The van der Waals surface area contributed by atoms with Gasteiger partial charge in [0.05, 0.1) is 43.3 Å². The summed E-state index contributed by atoms with van der Waals surface area (Å²) in [4.78, 5) is 57.3. The zero-order chi connectivity index (χ0) is 38.6. The summed E-state index contributed by atoms with van der Waals surface area (Å²) in [5.41, 5.74) is 1.67. The molecule has 1 N–H and O–H groups in total. The lowest BCUT2D eigenvalue weighted by Gasteiger charge is -2.31. The van der Waals surface area contributed by atoms with Gasteiger partial charge in [-0.2, -0.15) is 5.10 Å². The minimum atomic E-state index is -3.62. The van der Waals surface area contributed by atoms with E-state index in [0.717, 1.165) is 16.8 Å². The molecule has 3 amide bonds. The first kappa shape index (κ1) is 39.0. The number of unbranched alkanes of at least 4 members (excludes halogenated alkanes) is 1. The number of benzene rings is 3. The number of anilines is 2. The van der Waals surface area contributed by atoms with E-state index in [1.54, 1.807) is 41.1 Å². The van der Waals surface area contributed by atoms with E-state index in [4.69, 9.17) is 14.6 Å². The Bertz CT molecular complexity index is 1890. The maximum atomic E-state index is 16.6. The summed E-state index contributed by atoms with van der Waals surface area (Å²) in [5, 5.41) is 16.0. The Morgan fingerprint density at radius 3 is 2.41 bits per heavy atom. The Labute approximate surface area is 316 Å². The van der Waals surface area contributed by atoms with Crippen molar-refractivity contribution in [3.8, 4) is 0 Å². The summed E-state index contributed by atoms with van der Waals surface area (Å²) < 4.78 is 28.3. The van der Waals surface area contributed by atoms with Crippen LogP contribution in [0.15, 0.2) is 84.0 Å². The topological polar surface area (TPSA) is 129 Å².